The van der Waals surface area contributed by atoms with Crippen LogP contribution >= 0.6 is 0 Å². The van der Waals surface area contributed by atoms with Crippen molar-refractivity contribution in [3.8, 4) is 11.5 Å². The lowest BCUT2D eigenvalue weighted by Crippen LogP contribution is -2.40. The Balaban J connectivity index is 2.10. The number of hydrogen-bond donors (Lipinski definition) is 3. The van der Waals surface area contributed by atoms with Crippen molar-refractivity contribution in [1.29, 1.82) is 0 Å². The monoisotopic (exact) mass is 291 g/mol. The molecule has 2 rings (SSSR count). The number of aromatic nitrogens is 2. The summed E-state index contributed by atoms with van der Waals surface area (Å²) in [5.41, 5.74) is 0.692. The molecule has 112 valence electrons. The van der Waals surface area contributed by atoms with Gasteiger partial charge in [-0.2, -0.15) is 5.10 Å². The summed E-state index contributed by atoms with van der Waals surface area (Å²) in [4.78, 5) is 23.0. The normalized spacial score (nSPS) is 12.1. The predicted octanol–water partition coefficient (Wildman–Crippen LogP) is 1.96. The van der Waals surface area contributed by atoms with E-state index in [2.05, 4.69) is 15.5 Å². The van der Waals surface area contributed by atoms with E-state index in [0.717, 1.165) is 5.76 Å². The highest BCUT2D eigenvalue weighted by atomic mass is 16.4. The Morgan fingerprint density at radius 1 is 1.48 bits per heavy atom. The maximum Gasteiger partial charge on any atom is 0.326 e. The molecule has 7 nitrogen and oxygen atoms in total. The Labute approximate surface area is 121 Å². The number of hydrogen-bond acceptors (Lipinski definition) is 4. The lowest BCUT2D eigenvalue weighted by molar-refractivity contribution is -0.139. The molecule has 0 saturated heterocycles. The third-order valence-corrected chi connectivity index (χ3v) is 3.00. The Hall–Kier alpha value is -2.57. The molecule has 0 aromatic carbocycles. The number of carboxylic acids is 1. The van der Waals surface area contributed by atoms with Crippen LogP contribution in [0, 0.1) is 6.92 Å². The van der Waals surface area contributed by atoms with Gasteiger partial charge in [-0.15, -0.1) is 0 Å². The van der Waals surface area contributed by atoms with Crippen LogP contribution in [0.3, 0.4) is 0 Å². The molecular formula is C14H17N3O4. The zero-order valence-electron chi connectivity index (χ0n) is 11.8. The van der Waals surface area contributed by atoms with Gasteiger partial charge in [-0.05, 0) is 25.5 Å². The third kappa shape index (κ3) is 3.50. The summed E-state index contributed by atoms with van der Waals surface area (Å²) < 4.78 is 5.42. The first kappa shape index (κ1) is 14.8. The number of H-pyrrole nitrogens is 1. The molecule has 2 aromatic heterocycles. The van der Waals surface area contributed by atoms with Crippen molar-refractivity contribution < 1.29 is 19.1 Å². The molecule has 0 radical (unpaired) electrons. The van der Waals surface area contributed by atoms with Gasteiger partial charge in [0.25, 0.3) is 5.91 Å². The Kier molecular flexibility index (Phi) is 4.42. The fourth-order valence-corrected chi connectivity index (χ4v) is 1.92. The molecule has 1 amide bonds. The highest BCUT2D eigenvalue weighted by Crippen LogP contribution is 2.20. The number of carbonyl (C=O) groups is 2. The zero-order valence-corrected chi connectivity index (χ0v) is 11.8. The second kappa shape index (κ2) is 6.25. The first-order chi connectivity index (χ1) is 10.0. The van der Waals surface area contributed by atoms with Crippen LogP contribution in [0.15, 0.2) is 22.6 Å². The molecule has 0 saturated carbocycles. The summed E-state index contributed by atoms with van der Waals surface area (Å²) in [5, 5.41) is 18.1. The minimum Gasteiger partial charge on any atom is -0.480 e. The van der Waals surface area contributed by atoms with Gasteiger partial charge in [0, 0.05) is 6.07 Å². The fraction of sp³-hybridized carbons (Fsp3) is 0.357. The standard InChI is InChI=1S/C14H17N3O4/c1-3-4-9(14(19)20)15-13(18)11-7-10(16-17-11)12-6-5-8(2)21-12/h5-7,9H,3-4H2,1-2H3,(H,15,18)(H,16,17)(H,19,20)/t9-/m0/s1. The molecule has 0 spiro atoms. The zero-order chi connectivity index (χ0) is 15.4. The molecule has 0 bridgehead atoms. The van der Waals surface area contributed by atoms with Crippen LogP contribution in [0.1, 0.15) is 36.0 Å². The van der Waals surface area contributed by atoms with E-state index >= 15 is 0 Å². The number of carboxylic acid groups (broad SMARTS) is 1. The van der Waals surface area contributed by atoms with Crippen molar-refractivity contribution in [2.45, 2.75) is 32.7 Å². The molecule has 0 unspecified atom stereocenters. The summed E-state index contributed by atoms with van der Waals surface area (Å²) in [7, 11) is 0. The van der Waals surface area contributed by atoms with E-state index in [4.69, 9.17) is 9.52 Å². The van der Waals surface area contributed by atoms with Gasteiger partial charge in [0.2, 0.25) is 0 Å². The van der Waals surface area contributed by atoms with Crippen LogP contribution in [-0.2, 0) is 4.79 Å². The summed E-state index contributed by atoms with van der Waals surface area (Å²) in [6.45, 7) is 3.67. The van der Waals surface area contributed by atoms with Crippen molar-refractivity contribution in [3.05, 3.63) is 29.7 Å². The van der Waals surface area contributed by atoms with Gasteiger partial charge in [0.15, 0.2) is 11.5 Å². The second-order valence-corrected chi connectivity index (χ2v) is 4.73. The van der Waals surface area contributed by atoms with Crippen LogP contribution in [0.2, 0.25) is 0 Å². The van der Waals surface area contributed by atoms with Gasteiger partial charge < -0.3 is 14.8 Å². The average molecular weight is 291 g/mol. The first-order valence-electron chi connectivity index (χ1n) is 6.67. The Morgan fingerprint density at radius 3 is 2.81 bits per heavy atom. The minimum atomic E-state index is -1.05. The van der Waals surface area contributed by atoms with E-state index in [1.165, 1.54) is 6.07 Å². The summed E-state index contributed by atoms with van der Waals surface area (Å²) in [6.07, 6.45) is 1.03. The molecule has 0 aliphatic rings. The minimum absolute atomic E-state index is 0.126. The quantitative estimate of drug-likeness (QED) is 0.754. The molecule has 0 fully saturated rings. The van der Waals surface area contributed by atoms with Gasteiger partial charge in [-0.1, -0.05) is 13.3 Å². The van der Waals surface area contributed by atoms with Crippen LogP contribution in [-0.4, -0.2) is 33.2 Å². The van der Waals surface area contributed by atoms with Crippen LogP contribution in [0.4, 0.5) is 0 Å². The summed E-state index contributed by atoms with van der Waals surface area (Å²) in [5.74, 6) is -0.258. The van der Waals surface area contributed by atoms with Gasteiger partial charge in [0.1, 0.15) is 17.5 Å². The van der Waals surface area contributed by atoms with Gasteiger partial charge in [-0.3, -0.25) is 9.89 Å². The van der Waals surface area contributed by atoms with E-state index < -0.39 is 17.9 Å². The smallest absolute Gasteiger partial charge is 0.326 e. The second-order valence-electron chi connectivity index (χ2n) is 4.73. The number of carbonyl (C=O) groups excluding carboxylic acids is 1. The van der Waals surface area contributed by atoms with Crippen LogP contribution in [0.25, 0.3) is 11.5 Å². The van der Waals surface area contributed by atoms with E-state index in [1.54, 1.807) is 12.1 Å². The van der Waals surface area contributed by atoms with E-state index in [-0.39, 0.29) is 5.69 Å². The number of rotatable bonds is 6. The molecule has 2 aromatic rings. The van der Waals surface area contributed by atoms with Crippen LogP contribution in [0.5, 0.6) is 0 Å². The van der Waals surface area contributed by atoms with Crippen molar-refractivity contribution >= 4 is 11.9 Å². The third-order valence-electron chi connectivity index (χ3n) is 3.00. The first-order valence-corrected chi connectivity index (χ1v) is 6.67. The Bertz CT molecular complexity index is 644. The number of amides is 1. The largest absolute Gasteiger partial charge is 0.480 e. The summed E-state index contributed by atoms with van der Waals surface area (Å²) in [6, 6.07) is 4.19. The van der Waals surface area contributed by atoms with Crippen LogP contribution < -0.4 is 5.32 Å². The number of aromatic amines is 1. The van der Waals surface area contributed by atoms with E-state index in [9.17, 15) is 9.59 Å². The van der Waals surface area contributed by atoms with E-state index in [0.29, 0.717) is 24.3 Å². The molecule has 2 heterocycles. The van der Waals surface area contributed by atoms with Crippen molar-refractivity contribution in [1.82, 2.24) is 15.5 Å². The lowest BCUT2D eigenvalue weighted by atomic mass is 10.1. The van der Waals surface area contributed by atoms with Gasteiger partial charge in [0.05, 0.1) is 0 Å². The number of nitrogens with zero attached hydrogens (tertiary/aromatic N) is 1. The fourth-order valence-electron chi connectivity index (χ4n) is 1.92. The molecule has 3 N–H and O–H groups in total. The predicted molar refractivity (Wildman–Crippen MR) is 74.8 cm³/mol. The highest BCUT2D eigenvalue weighted by molar-refractivity contribution is 5.95. The number of nitrogens with one attached hydrogen (secondary N) is 2. The topological polar surface area (TPSA) is 108 Å². The molecule has 0 aliphatic heterocycles. The highest BCUT2D eigenvalue weighted by Gasteiger charge is 2.21. The average Bonchev–Trinajstić information content (AvgIpc) is 3.06. The van der Waals surface area contributed by atoms with Crippen molar-refractivity contribution in [2.75, 3.05) is 0 Å². The van der Waals surface area contributed by atoms with Crippen molar-refractivity contribution in [2.24, 2.45) is 0 Å². The maximum absolute atomic E-state index is 12.0. The molecule has 21 heavy (non-hydrogen) atoms. The SMILES string of the molecule is CCC[C@H](NC(=O)c1cc(-c2ccc(C)o2)[nH]n1)C(=O)O. The lowest BCUT2D eigenvalue weighted by Gasteiger charge is -2.11. The number of aryl methyl sites for hydroxylation is 1. The molecule has 0 aliphatic carbocycles. The summed E-state index contributed by atoms with van der Waals surface area (Å²) >= 11 is 0. The Morgan fingerprint density at radius 2 is 2.24 bits per heavy atom. The van der Waals surface area contributed by atoms with Gasteiger partial charge >= 0.3 is 5.97 Å². The molecular weight excluding hydrogens is 274 g/mol. The van der Waals surface area contributed by atoms with E-state index in [1.807, 2.05) is 13.8 Å². The van der Waals surface area contributed by atoms with Crippen molar-refractivity contribution in [3.63, 3.8) is 0 Å². The number of aliphatic carboxylic acids is 1. The molecule has 7 heteroatoms. The van der Waals surface area contributed by atoms with Gasteiger partial charge in [-0.25, -0.2) is 4.79 Å². The maximum atomic E-state index is 12.0. The number of furan rings is 1. The molecule has 1 atom stereocenters.